The van der Waals surface area contributed by atoms with Crippen molar-refractivity contribution in [2.24, 2.45) is 0 Å². The van der Waals surface area contributed by atoms with Gasteiger partial charge in [-0.15, -0.1) is 0 Å². The van der Waals surface area contributed by atoms with Gasteiger partial charge in [0.1, 0.15) is 5.75 Å². The molecule has 0 spiro atoms. The fraction of sp³-hybridized carbons (Fsp3) is 0.263. The highest BCUT2D eigenvalue weighted by molar-refractivity contribution is 6.34. The van der Waals surface area contributed by atoms with Crippen LogP contribution in [0.25, 0.3) is 0 Å². The maximum Gasteiger partial charge on any atom is 0.387 e. The van der Waals surface area contributed by atoms with E-state index in [1.807, 2.05) is 0 Å². The minimum absolute atomic E-state index is 0.00217. The monoisotopic (exact) mass is 411 g/mol. The fourth-order valence-electron chi connectivity index (χ4n) is 2.59. The molecule has 2 rings (SSSR count). The first kappa shape index (κ1) is 21.4. The molecular formula is C19H20ClF2N3O3. The maximum atomic E-state index is 12.6. The number of rotatable bonds is 7. The lowest BCUT2D eigenvalue weighted by atomic mass is 10.0. The third kappa shape index (κ3) is 6.09. The Balaban J connectivity index is 2.10. The molecule has 0 bridgehead atoms. The molecule has 3 N–H and O–H groups in total. The van der Waals surface area contributed by atoms with E-state index in [9.17, 15) is 18.4 Å². The minimum Gasteiger partial charge on any atom is -0.434 e. The first-order valence-electron chi connectivity index (χ1n) is 8.48. The molecule has 0 aliphatic rings. The smallest absolute Gasteiger partial charge is 0.387 e. The summed E-state index contributed by atoms with van der Waals surface area (Å²) in [5.41, 5.74) is 1.26. The number of hydrogen-bond acceptors (Lipinski definition) is 3. The van der Waals surface area contributed by atoms with Gasteiger partial charge in [0.2, 0.25) is 5.91 Å². The summed E-state index contributed by atoms with van der Waals surface area (Å²) in [6.07, 6.45) is 0.451. The van der Waals surface area contributed by atoms with E-state index in [0.29, 0.717) is 23.4 Å². The van der Waals surface area contributed by atoms with Gasteiger partial charge < -0.3 is 20.7 Å². The van der Waals surface area contributed by atoms with Crippen molar-refractivity contribution in [3.05, 3.63) is 53.1 Å². The lowest BCUT2D eigenvalue weighted by molar-refractivity contribution is -0.114. The van der Waals surface area contributed by atoms with Crippen molar-refractivity contribution in [1.29, 1.82) is 0 Å². The SMILES string of the molecule is CCC(NC(=O)Nc1ccc(NC(C)=O)cc1Cl)c1ccccc1OC(F)F. The van der Waals surface area contributed by atoms with E-state index in [1.54, 1.807) is 37.3 Å². The van der Waals surface area contributed by atoms with Gasteiger partial charge in [0, 0.05) is 18.2 Å². The molecule has 3 amide bonds. The van der Waals surface area contributed by atoms with Gasteiger partial charge in [-0.05, 0) is 30.7 Å². The van der Waals surface area contributed by atoms with Crippen LogP contribution in [0.3, 0.4) is 0 Å². The van der Waals surface area contributed by atoms with Crippen molar-refractivity contribution >= 4 is 34.9 Å². The number of nitrogens with one attached hydrogen (secondary N) is 3. The second kappa shape index (κ2) is 9.89. The second-order valence-corrected chi connectivity index (χ2v) is 6.26. The third-order valence-corrected chi connectivity index (χ3v) is 4.07. The maximum absolute atomic E-state index is 12.6. The Morgan fingerprint density at radius 3 is 2.46 bits per heavy atom. The summed E-state index contributed by atoms with van der Waals surface area (Å²) in [5, 5.41) is 8.13. The van der Waals surface area contributed by atoms with Gasteiger partial charge in [0.15, 0.2) is 0 Å². The van der Waals surface area contributed by atoms with Crippen LogP contribution in [-0.4, -0.2) is 18.5 Å². The van der Waals surface area contributed by atoms with Crippen LogP contribution in [0, 0.1) is 0 Å². The van der Waals surface area contributed by atoms with Crippen LogP contribution in [0.4, 0.5) is 25.0 Å². The molecule has 1 atom stereocenters. The number of hydrogen-bond donors (Lipinski definition) is 3. The highest BCUT2D eigenvalue weighted by Gasteiger charge is 2.19. The third-order valence-electron chi connectivity index (χ3n) is 3.76. The van der Waals surface area contributed by atoms with Crippen molar-refractivity contribution in [2.45, 2.75) is 32.9 Å². The van der Waals surface area contributed by atoms with E-state index in [-0.39, 0.29) is 16.7 Å². The number of alkyl halides is 2. The molecule has 150 valence electrons. The van der Waals surface area contributed by atoms with Gasteiger partial charge in [-0.3, -0.25) is 4.79 Å². The summed E-state index contributed by atoms with van der Waals surface area (Å²) in [6.45, 7) is 0.209. The van der Waals surface area contributed by atoms with Crippen LogP contribution >= 0.6 is 11.6 Å². The lowest BCUT2D eigenvalue weighted by Crippen LogP contribution is -2.32. The number of urea groups is 1. The quantitative estimate of drug-likeness (QED) is 0.587. The van der Waals surface area contributed by atoms with Crippen molar-refractivity contribution in [2.75, 3.05) is 10.6 Å². The predicted molar refractivity (Wildman–Crippen MR) is 104 cm³/mol. The molecule has 0 saturated carbocycles. The Hall–Kier alpha value is -2.87. The Labute approximate surface area is 166 Å². The average molecular weight is 412 g/mol. The van der Waals surface area contributed by atoms with Crippen molar-refractivity contribution in [3.63, 3.8) is 0 Å². The van der Waals surface area contributed by atoms with E-state index >= 15 is 0 Å². The molecule has 0 aromatic heterocycles. The molecule has 0 heterocycles. The second-order valence-electron chi connectivity index (χ2n) is 5.85. The van der Waals surface area contributed by atoms with Gasteiger partial charge in [0.25, 0.3) is 0 Å². The molecule has 0 radical (unpaired) electrons. The number of carbonyl (C=O) groups excluding carboxylic acids is 2. The number of para-hydroxylation sites is 1. The molecule has 1 unspecified atom stereocenters. The molecule has 0 aliphatic heterocycles. The Bertz CT molecular complexity index is 849. The standard InChI is InChI=1S/C19H20ClF2N3O3/c1-3-15(13-6-4-5-7-17(13)28-18(21)22)24-19(27)25-16-9-8-12(10-14(16)20)23-11(2)26/h4-10,15,18H,3H2,1-2H3,(H,23,26)(H2,24,25,27). The van der Waals surface area contributed by atoms with Crippen LogP contribution in [0.2, 0.25) is 5.02 Å². The van der Waals surface area contributed by atoms with Crippen LogP contribution < -0.4 is 20.7 Å². The van der Waals surface area contributed by atoms with E-state index < -0.39 is 18.7 Å². The topological polar surface area (TPSA) is 79.5 Å². The van der Waals surface area contributed by atoms with Crippen molar-refractivity contribution in [3.8, 4) is 5.75 Å². The predicted octanol–water partition coefficient (Wildman–Crippen LogP) is 5.17. The number of amides is 3. The Morgan fingerprint density at radius 2 is 1.86 bits per heavy atom. The van der Waals surface area contributed by atoms with Gasteiger partial charge in [-0.1, -0.05) is 36.7 Å². The van der Waals surface area contributed by atoms with Gasteiger partial charge in [0.05, 0.1) is 16.8 Å². The minimum atomic E-state index is -2.96. The molecule has 6 nitrogen and oxygen atoms in total. The summed E-state index contributed by atoms with van der Waals surface area (Å²) in [4.78, 5) is 23.4. The van der Waals surface area contributed by atoms with Crippen LogP contribution in [0.1, 0.15) is 31.9 Å². The van der Waals surface area contributed by atoms with E-state index in [1.165, 1.54) is 19.1 Å². The van der Waals surface area contributed by atoms with E-state index in [0.717, 1.165) is 0 Å². The highest BCUT2D eigenvalue weighted by atomic mass is 35.5. The molecule has 9 heteroatoms. The highest BCUT2D eigenvalue weighted by Crippen LogP contribution is 2.29. The number of carbonyl (C=O) groups is 2. The van der Waals surface area contributed by atoms with Crippen LogP contribution in [0.5, 0.6) is 5.75 Å². The largest absolute Gasteiger partial charge is 0.434 e. The number of ether oxygens (including phenoxy) is 1. The first-order valence-corrected chi connectivity index (χ1v) is 8.86. The average Bonchev–Trinajstić information content (AvgIpc) is 2.62. The molecule has 0 fully saturated rings. The summed E-state index contributed by atoms with van der Waals surface area (Å²) >= 11 is 6.13. The van der Waals surface area contributed by atoms with Gasteiger partial charge >= 0.3 is 12.6 Å². The summed E-state index contributed by atoms with van der Waals surface area (Å²) < 4.78 is 29.8. The zero-order valence-electron chi connectivity index (χ0n) is 15.3. The number of halogens is 3. The van der Waals surface area contributed by atoms with Crippen molar-refractivity contribution in [1.82, 2.24) is 5.32 Å². The van der Waals surface area contributed by atoms with Crippen molar-refractivity contribution < 1.29 is 23.1 Å². The van der Waals surface area contributed by atoms with Crippen LogP contribution in [-0.2, 0) is 4.79 Å². The zero-order chi connectivity index (χ0) is 20.7. The van der Waals surface area contributed by atoms with Gasteiger partial charge in [-0.2, -0.15) is 8.78 Å². The normalized spacial score (nSPS) is 11.6. The Kier molecular flexibility index (Phi) is 7.57. The van der Waals surface area contributed by atoms with E-state index in [2.05, 4.69) is 20.7 Å². The first-order chi connectivity index (χ1) is 13.3. The number of benzene rings is 2. The molecule has 2 aromatic carbocycles. The van der Waals surface area contributed by atoms with Crippen LogP contribution in [0.15, 0.2) is 42.5 Å². The molecule has 0 aliphatic carbocycles. The summed E-state index contributed by atoms with van der Waals surface area (Å²) in [5.74, 6) is -0.243. The Morgan fingerprint density at radius 1 is 1.14 bits per heavy atom. The summed E-state index contributed by atoms with van der Waals surface area (Å²) in [6, 6.07) is 9.80. The molecular weight excluding hydrogens is 392 g/mol. The lowest BCUT2D eigenvalue weighted by Gasteiger charge is -2.21. The summed E-state index contributed by atoms with van der Waals surface area (Å²) in [7, 11) is 0. The molecule has 28 heavy (non-hydrogen) atoms. The van der Waals surface area contributed by atoms with E-state index in [4.69, 9.17) is 11.6 Å². The number of anilines is 2. The zero-order valence-corrected chi connectivity index (χ0v) is 16.0. The van der Waals surface area contributed by atoms with Gasteiger partial charge in [-0.25, -0.2) is 4.79 Å². The molecule has 0 saturated heterocycles. The molecule has 2 aromatic rings. The fourth-order valence-corrected chi connectivity index (χ4v) is 2.81.